The quantitative estimate of drug-likeness (QED) is 0.200. The van der Waals surface area contributed by atoms with Crippen LogP contribution in [0.2, 0.25) is 0 Å². The second-order valence-electron chi connectivity index (χ2n) is 6.73. The predicted octanol–water partition coefficient (Wildman–Crippen LogP) is -1.31. The third kappa shape index (κ3) is 3.97. The lowest BCUT2D eigenvalue weighted by atomic mass is 10.2. The fourth-order valence-corrected chi connectivity index (χ4v) is 6.46. The second kappa shape index (κ2) is 7.17. The molecule has 1 aliphatic carbocycles. The zero-order valence-corrected chi connectivity index (χ0v) is 18.0. The highest BCUT2D eigenvalue weighted by atomic mass is 31.3. The van der Waals surface area contributed by atoms with Gasteiger partial charge in [-0.3, -0.25) is 18.9 Å². The van der Waals surface area contributed by atoms with E-state index in [1.165, 1.54) is 0 Å². The zero-order chi connectivity index (χ0) is 24.8. The maximum absolute atomic E-state index is 15.1. The molecule has 7 atom stereocenters. The van der Waals surface area contributed by atoms with E-state index >= 15 is 4.39 Å². The monoisotopic (exact) mass is 541 g/mol. The van der Waals surface area contributed by atoms with E-state index in [-0.39, 0.29) is 11.2 Å². The molecule has 0 radical (unpaired) electrons. The molecule has 0 aromatic carbocycles. The first-order valence-electron chi connectivity index (χ1n) is 8.18. The van der Waals surface area contributed by atoms with Gasteiger partial charge in [0.1, 0.15) is 0 Å². The molecular formula is C10H12F2N5O13P3. The highest BCUT2D eigenvalue weighted by molar-refractivity contribution is 7.66. The molecule has 1 saturated carbocycles. The molecule has 0 bridgehead atoms. The highest BCUT2D eigenvalue weighted by Gasteiger charge is 2.92. The largest absolute Gasteiger partial charge is 0.490 e. The van der Waals surface area contributed by atoms with Crippen molar-refractivity contribution in [1.82, 2.24) is 19.5 Å². The van der Waals surface area contributed by atoms with E-state index in [9.17, 15) is 32.9 Å². The molecule has 1 saturated heterocycles. The van der Waals surface area contributed by atoms with Crippen molar-refractivity contribution in [2.75, 3.05) is 5.73 Å². The van der Waals surface area contributed by atoms with Gasteiger partial charge in [0, 0.05) is 0 Å². The van der Waals surface area contributed by atoms with Crippen molar-refractivity contribution < 1.29 is 65.0 Å². The molecule has 3 unspecified atom stereocenters. The van der Waals surface area contributed by atoms with Gasteiger partial charge in [-0.25, -0.2) is 27.5 Å². The summed E-state index contributed by atoms with van der Waals surface area (Å²) in [6.07, 6.45) is -6.59. The molecule has 18 nitrogen and oxygen atoms in total. The van der Waals surface area contributed by atoms with Crippen LogP contribution in [0, 0.1) is 0 Å². The molecule has 2 aromatic heterocycles. The molecule has 0 amide bonds. The number of halogens is 2. The fraction of sp³-hybridized carbons (Fsp3) is 0.500. The first kappa shape index (κ1) is 24.5. The van der Waals surface area contributed by atoms with Gasteiger partial charge in [-0.2, -0.15) is 13.6 Å². The Morgan fingerprint density at radius 2 is 1.85 bits per heavy atom. The zero-order valence-electron chi connectivity index (χ0n) is 15.3. The van der Waals surface area contributed by atoms with Crippen molar-refractivity contribution in [3.8, 4) is 0 Å². The summed E-state index contributed by atoms with van der Waals surface area (Å²) in [5.41, 5.74) is 0.595. The lowest BCUT2D eigenvalue weighted by Gasteiger charge is -2.22. The Morgan fingerprint density at radius 1 is 1.21 bits per heavy atom. The number of rotatable bonds is 7. The van der Waals surface area contributed by atoms with Gasteiger partial charge >= 0.3 is 23.5 Å². The van der Waals surface area contributed by atoms with Gasteiger partial charge in [0.2, 0.25) is 5.95 Å². The Morgan fingerprint density at radius 3 is 2.39 bits per heavy atom. The maximum Gasteiger partial charge on any atom is 0.490 e. The SMILES string of the molecule is Nc1nc2c(ncn2[C@@H]2O[C@]3(F)C(OP(=O)(O)OP(=O)(O)OP(=O)(O)O)[C@]3(O)[C@H]2F)c(=O)[nH]1. The third-order valence-electron chi connectivity index (χ3n) is 4.54. The smallest absolute Gasteiger partial charge is 0.378 e. The number of nitrogens with one attached hydrogen (secondary N) is 1. The number of hydrogen-bond acceptors (Lipinski definition) is 12. The lowest BCUT2D eigenvalue weighted by Crippen LogP contribution is -2.34. The van der Waals surface area contributed by atoms with E-state index in [0.29, 0.717) is 4.57 Å². The van der Waals surface area contributed by atoms with Crippen LogP contribution >= 0.6 is 23.5 Å². The Hall–Kier alpha value is -1.66. The Kier molecular flexibility index (Phi) is 5.32. The average molecular weight is 541 g/mol. The number of anilines is 1. The number of aromatic amines is 1. The lowest BCUT2D eigenvalue weighted by molar-refractivity contribution is -0.141. The van der Waals surface area contributed by atoms with Gasteiger partial charge in [0.05, 0.1) is 6.33 Å². The number of nitrogen functional groups attached to an aromatic ring is 1. The topological polar surface area (TPSA) is 279 Å². The molecule has 23 heteroatoms. The molecule has 8 N–H and O–H groups in total. The molecular weight excluding hydrogens is 529 g/mol. The number of ether oxygens (including phenoxy) is 1. The number of aliphatic hydroxyl groups is 1. The molecule has 2 aliphatic rings. The summed E-state index contributed by atoms with van der Waals surface area (Å²) in [4.78, 5) is 56.8. The third-order valence-corrected chi connectivity index (χ3v) is 8.35. The number of phosphoric acid groups is 3. The average Bonchev–Trinajstić information content (AvgIpc) is 2.91. The number of fused-ring (bicyclic) bond motifs is 2. The van der Waals surface area contributed by atoms with E-state index in [2.05, 4.69) is 28.1 Å². The van der Waals surface area contributed by atoms with E-state index in [0.717, 1.165) is 6.33 Å². The highest BCUT2D eigenvalue weighted by Crippen LogP contribution is 2.72. The van der Waals surface area contributed by atoms with Crippen LogP contribution in [0.15, 0.2) is 11.1 Å². The fourth-order valence-electron chi connectivity index (χ4n) is 3.24. The van der Waals surface area contributed by atoms with Gasteiger partial charge in [0.15, 0.2) is 35.3 Å². The first-order chi connectivity index (χ1) is 14.9. The Balaban J connectivity index is 1.56. The van der Waals surface area contributed by atoms with Gasteiger partial charge in [0.25, 0.3) is 11.4 Å². The minimum Gasteiger partial charge on any atom is -0.378 e. The first-order valence-corrected chi connectivity index (χ1v) is 12.7. The van der Waals surface area contributed by atoms with E-state index in [1.807, 2.05) is 0 Å². The number of nitrogens with zero attached hydrogens (tertiary/aromatic N) is 3. The summed E-state index contributed by atoms with van der Waals surface area (Å²) in [6.45, 7) is 0. The molecule has 2 aromatic rings. The molecule has 2 fully saturated rings. The van der Waals surface area contributed by atoms with Crippen LogP contribution in [-0.2, 0) is 31.6 Å². The molecule has 4 rings (SSSR count). The number of imidazole rings is 1. The Bertz CT molecular complexity index is 1350. The summed E-state index contributed by atoms with van der Waals surface area (Å²) >= 11 is 0. The number of phosphoric ester groups is 1. The van der Waals surface area contributed by atoms with Gasteiger partial charge in [-0.15, -0.1) is 0 Å². The van der Waals surface area contributed by atoms with Crippen LogP contribution in [-0.4, -0.2) is 67.9 Å². The van der Waals surface area contributed by atoms with Crippen molar-refractivity contribution in [2.24, 2.45) is 0 Å². The number of alkyl halides is 2. The second-order valence-corrected chi connectivity index (χ2v) is 11.1. The van der Waals surface area contributed by atoms with Crippen molar-refractivity contribution in [2.45, 2.75) is 30.0 Å². The number of aromatic nitrogens is 4. The van der Waals surface area contributed by atoms with Crippen LogP contribution < -0.4 is 11.3 Å². The van der Waals surface area contributed by atoms with Crippen molar-refractivity contribution in [3.05, 3.63) is 16.7 Å². The maximum atomic E-state index is 15.1. The van der Waals surface area contributed by atoms with Crippen molar-refractivity contribution in [3.63, 3.8) is 0 Å². The molecule has 0 spiro atoms. The summed E-state index contributed by atoms with van der Waals surface area (Å²) in [7, 11) is -17.6. The number of nitrogens with two attached hydrogens (primary N) is 1. The standard InChI is InChI=1S/C10H12F2N5O13P3/c11-3-6(17-1-14-2-4(17)15-8(13)16-5(2)18)27-10(12)7(9(3,10)19)28-32(23,24)30-33(25,26)29-31(20,21)22/h1,3,6-7,19H,(H,23,24)(H,25,26)(H2,20,21,22)(H3,13,15,16,18)/t3-,6+,7?,9+,10+/m0/s1. The molecule has 184 valence electrons. The minimum atomic E-state index is -5.95. The van der Waals surface area contributed by atoms with E-state index in [1.54, 1.807) is 0 Å². The molecule has 1 aliphatic heterocycles. The van der Waals surface area contributed by atoms with E-state index < -0.39 is 64.9 Å². The van der Waals surface area contributed by atoms with E-state index in [4.69, 9.17) is 25.2 Å². The van der Waals surface area contributed by atoms with Crippen LogP contribution in [0.5, 0.6) is 0 Å². The summed E-state index contributed by atoms with van der Waals surface area (Å²) < 4.78 is 80.4. The van der Waals surface area contributed by atoms with Crippen LogP contribution in [0.25, 0.3) is 11.2 Å². The van der Waals surface area contributed by atoms with Crippen LogP contribution in [0.4, 0.5) is 14.7 Å². The van der Waals surface area contributed by atoms with Crippen molar-refractivity contribution in [1.29, 1.82) is 0 Å². The summed E-state index contributed by atoms with van der Waals surface area (Å²) in [6, 6.07) is 0. The van der Waals surface area contributed by atoms with Crippen molar-refractivity contribution >= 4 is 40.6 Å². The number of hydrogen-bond donors (Lipinski definition) is 7. The summed E-state index contributed by atoms with van der Waals surface area (Å²) in [5.74, 6) is -3.93. The van der Waals surface area contributed by atoms with Crippen LogP contribution in [0.3, 0.4) is 0 Å². The predicted molar refractivity (Wildman–Crippen MR) is 95.1 cm³/mol. The molecule has 3 heterocycles. The van der Waals surface area contributed by atoms with Gasteiger partial charge in [-0.05, 0) is 0 Å². The van der Waals surface area contributed by atoms with Gasteiger partial charge in [-0.1, -0.05) is 0 Å². The summed E-state index contributed by atoms with van der Waals surface area (Å²) in [5, 5.41) is 10.3. The normalized spacial score (nSPS) is 35.2. The van der Waals surface area contributed by atoms with Crippen LogP contribution in [0.1, 0.15) is 6.23 Å². The van der Waals surface area contributed by atoms with Gasteiger partial charge < -0.3 is 35.2 Å². The Labute approximate surface area is 178 Å². The molecule has 33 heavy (non-hydrogen) atoms. The number of H-pyrrole nitrogens is 1. The minimum absolute atomic E-state index is 0.342.